The van der Waals surface area contributed by atoms with Crippen LogP contribution in [0.1, 0.15) is 13.3 Å². The first-order valence-electron chi connectivity index (χ1n) is 4.36. The van der Waals surface area contributed by atoms with Gasteiger partial charge in [0.2, 0.25) is 0 Å². The van der Waals surface area contributed by atoms with E-state index in [1.807, 2.05) is 0 Å². The average molecular weight is 172 g/mol. The summed E-state index contributed by atoms with van der Waals surface area (Å²) in [4.78, 5) is 12.5. The maximum Gasteiger partial charge on any atom is 0.304 e. The molecule has 70 valence electrons. The third-order valence-corrected chi connectivity index (χ3v) is 2.09. The van der Waals surface area contributed by atoms with Crippen molar-refractivity contribution in [1.29, 1.82) is 0 Å². The Morgan fingerprint density at radius 2 is 2.50 bits per heavy atom. The molecule has 12 heavy (non-hydrogen) atoms. The van der Waals surface area contributed by atoms with Crippen LogP contribution in [0.2, 0.25) is 0 Å². The molecule has 4 nitrogen and oxygen atoms in total. The number of hydrogen-bond donors (Lipinski definition) is 2. The van der Waals surface area contributed by atoms with Crippen LogP contribution in [-0.4, -0.2) is 48.2 Å². The highest BCUT2D eigenvalue weighted by atomic mass is 16.4. The van der Waals surface area contributed by atoms with E-state index in [0.29, 0.717) is 12.6 Å². The SMILES string of the molecule is CC1CN(CCC(=O)O)CCN1. The van der Waals surface area contributed by atoms with Gasteiger partial charge in [-0.05, 0) is 6.92 Å². The van der Waals surface area contributed by atoms with Gasteiger partial charge in [0.15, 0.2) is 0 Å². The zero-order valence-corrected chi connectivity index (χ0v) is 7.42. The monoisotopic (exact) mass is 172 g/mol. The quantitative estimate of drug-likeness (QED) is 0.616. The van der Waals surface area contributed by atoms with Crippen molar-refractivity contribution in [2.75, 3.05) is 26.2 Å². The molecule has 0 spiro atoms. The lowest BCUT2D eigenvalue weighted by Crippen LogP contribution is -2.49. The second-order valence-corrected chi connectivity index (χ2v) is 3.30. The van der Waals surface area contributed by atoms with E-state index in [2.05, 4.69) is 17.1 Å². The molecule has 1 aliphatic rings. The van der Waals surface area contributed by atoms with Gasteiger partial charge in [0, 0.05) is 32.2 Å². The van der Waals surface area contributed by atoms with Crippen molar-refractivity contribution in [3.05, 3.63) is 0 Å². The summed E-state index contributed by atoms with van der Waals surface area (Å²) < 4.78 is 0. The van der Waals surface area contributed by atoms with Crippen LogP contribution >= 0.6 is 0 Å². The topological polar surface area (TPSA) is 52.6 Å². The van der Waals surface area contributed by atoms with E-state index in [9.17, 15) is 4.79 Å². The van der Waals surface area contributed by atoms with Gasteiger partial charge in [-0.3, -0.25) is 9.69 Å². The van der Waals surface area contributed by atoms with Gasteiger partial charge in [-0.2, -0.15) is 0 Å². The van der Waals surface area contributed by atoms with Crippen LogP contribution in [0.4, 0.5) is 0 Å². The second kappa shape index (κ2) is 4.42. The van der Waals surface area contributed by atoms with E-state index in [-0.39, 0.29) is 6.42 Å². The average Bonchev–Trinajstić information content (AvgIpc) is 2.01. The highest BCUT2D eigenvalue weighted by Gasteiger charge is 2.15. The van der Waals surface area contributed by atoms with Crippen LogP contribution in [0.15, 0.2) is 0 Å². The Bertz CT molecular complexity index is 161. The van der Waals surface area contributed by atoms with E-state index in [0.717, 1.165) is 19.6 Å². The predicted octanol–water partition coefficient (Wildman–Crippen LogP) is -0.245. The van der Waals surface area contributed by atoms with Gasteiger partial charge in [0.25, 0.3) is 0 Å². The van der Waals surface area contributed by atoms with Crippen LogP contribution in [0.25, 0.3) is 0 Å². The van der Waals surface area contributed by atoms with Gasteiger partial charge in [0.05, 0.1) is 6.42 Å². The molecule has 0 bridgehead atoms. The fourth-order valence-electron chi connectivity index (χ4n) is 1.47. The van der Waals surface area contributed by atoms with Gasteiger partial charge in [-0.1, -0.05) is 0 Å². The summed E-state index contributed by atoms with van der Waals surface area (Å²) in [6, 6.07) is 0.493. The largest absolute Gasteiger partial charge is 0.481 e. The number of piperazine rings is 1. The molecule has 1 unspecified atom stereocenters. The first-order valence-corrected chi connectivity index (χ1v) is 4.36. The summed E-state index contributed by atoms with van der Waals surface area (Å²) in [7, 11) is 0. The zero-order valence-electron chi connectivity index (χ0n) is 7.42. The molecule has 4 heteroatoms. The lowest BCUT2D eigenvalue weighted by atomic mass is 10.2. The summed E-state index contributed by atoms with van der Waals surface area (Å²) in [6.07, 6.45) is 0.257. The van der Waals surface area contributed by atoms with E-state index >= 15 is 0 Å². The van der Waals surface area contributed by atoms with E-state index in [4.69, 9.17) is 5.11 Å². The van der Waals surface area contributed by atoms with Crippen LogP contribution in [-0.2, 0) is 4.79 Å². The Kier molecular flexibility index (Phi) is 3.49. The van der Waals surface area contributed by atoms with Gasteiger partial charge >= 0.3 is 5.97 Å². The minimum Gasteiger partial charge on any atom is -0.481 e. The first kappa shape index (κ1) is 9.48. The second-order valence-electron chi connectivity index (χ2n) is 3.30. The number of nitrogens with zero attached hydrogens (tertiary/aromatic N) is 1. The fraction of sp³-hybridized carbons (Fsp3) is 0.875. The van der Waals surface area contributed by atoms with Crippen molar-refractivity contribution in [1.82, 2.24) is 10.2 Å². The number of aliphatic carboxylic acids is 1. The van der Waals surface area contributed by atoms with Crippen LogP contribution in [0.3, 0.4) is 0 Å². The summed E-state index contributed by atoms with van der Waals surface area (Å²) >= 11 is 0. The summed E-state index contributed by atoms with van der Waals surface area (Å²) in [5.74, 6) is -0.707. The molecular formula is C8H16N2O2. The molecule has 0 radical (unpaired) electrons. The van der Waals surface area contributed by atoms with Gasteiger partial charge in [-0.15, -0.1) is 0 Å². The Morgan fingerprint density at radius 1 is 1.75 bits per heavy atom. The summed E-state index contributed by atoms with van der Waals surface area (Å²) in [6.45, 7) is 5.71. The molecule has 0 aliphatic carbocycles. The minimum atomic E-state index is -0.707. The minimum absolute atomic E-state index is 0.257. The first-order chi connectivity index (χ1) is 5.68. The summed E-state index contributed by atoms with van der Waals surface area (Å²) in [5, 5.41) is 11.8. The highest BCUT2D eigenvalue weighted by molar-refractivity contribution is 5.66. The third kappa shape index (κ3) is 3.19. The van der Waals surface area contributed by atoms with Crippen molar-refractivity contribution in [3.63, 3.8) is 0 Å². The predicted molar refractivity (Wildman–Crippen MR) is 46.2 cm³/mol. The number of rotatable bonds is 3. The molecule has 0 aromatic carbocycles. The fourth-order valence-corrected chi connectivity index (χ4v) is 1.47. The number of hydrogen-bond acceptors (Lipinski definition) is 3. The van der Waals surface area contributed by atoms with Crippen molar-refractivity contribution in [2.45, 2.75) is 19.4 Å². The maximum atomic E-state index is 10.3. The standard InChI is InChI=1S/C8H16N2O2/c1-7-6-10(5-3-9-7)4-2-8(11)12/h7,9H,2-6H2,1H3,(H,11,12). The Morgan fingerprint density at radius 3 is 3.08 bits per heavy atom. The smallest absolute Gasteiger partial charge is 0.304 e. The lowest BCUT2D eigenvalue weighted by molar-refractivity contribution is -0.137. The van der Waals surface area contributed by atoms with Gasteiger partial charge in [-0.25, -0.2) is 0 Å². The number of carbonyl (C=O) groups is 1. The van der Waals surface area contributed by atoms with Crippen molar-refractivity contribution >= 4 is 5.97 Å². The Hall–Kier alpha value is -0.610. The molecule has 0 amide bonds. The molecule has 0 aromatic rings. The van der Waals surface area contributed by atoms with Crippen LogP contribution in [0.5, 0.6) is 0 Å². The molecule has 0 saturated carbocycles. The molecule has 2 N–H and O–H groups in total. The third-order valence-electron chi connectivity index (χ3n) is 2.09. The highest BCUT2D eigenvalue weighted by Crippen LogP contribution is 1.99. The van der Waals surface area contributed by atoms with Gasteiger partial charge in [0.1, 0.15) is 0 Å². The van der Waals surface area contributed by atoms with E-state index in [1.165, 1.54) is 0 Å². The van der Waals surface area contributed by atoms with E-state index in [1.54, 1.807) is 0 Å². The maximum absolute atomic E-state index is 10.3. The molecule has 1 atom stereocenters. The van der Waals surface area contributed by atoms with E-state index < -0.39 is 5.97 Å². The van der Waals surface area contributed by atoms with Crippen LogP contribution in [0, 0.1) is 0 Å². The molecule has 1 saturated heterocycles. The molecule has 1 rings (SSSR count). The summed E-state index contributed by atoms with van der Waals surface area (Å²) in [5.41, 5.74) is 0. The molecule has 1 fully saturated rings. The normalized spacial score (nSPS) is 25.6. The number of carboxylic acid groups (broad SMARTS) is 1. The lowest BCUT2D eigenvalue weighted by Gasteiger charge is -2.31. The Balaban J connectivity index is 2.18. The van der Waals surface area contributed by atoms with Crippen molar-refractivity contribution in [3.8, 4) is 0 Å². The zero-order chi connectivity index (χ0) is 8.97. The molecule has 1 heterocycles. The number of nitrogens with one attached hydrogen (secondary N) is 1. The van der Waals surface area contributed by atoms with Gasteiger partial charge < -0.3 is 10.4 Å². The number of carboxylic acids is 1. The van der Waals surface area contributed by atoms with Crippen LogP contribution < -0.4 is 5.32 Å². The molecular weight excluding hydrogens is 156 g/mol. The van der Waals surface area contributed by atoms with Crippen molar-refractivity contribution < 1.29 is 9.90 Å². The van der Waals surface area contributed by atoms with Crippen molar-refractivity contribution in [2.24, 2.45) is 0 Å². The molecule has 0 aromatic heterocycles. The molecule has 1 aliphatic heterocycles. The Labute approximate surface area is 72.6 Å².